The van der Waals surface area contributed by atoms with Gasteiger partial charge in [-0.3, -0.25) is 9.55 Å². The predicted octanol–water partition coefficient (Wildman–Crippen LogP) is 2.69. The Kier molecular flexibility index (Phi) is 4.16. The lowest BCUT2D eigenvalue weighted by Crippen LogP contribution is -1.96. The Morgan fingerprint density at radius 2 is 1.65 bits per heavy atom. The topological polar surface area (TPSA) is 76.0 Å². The third-order valence-corrected chi connectivity index (χ3v) is 3.48. The molecule has 0 aliphatic carbocycles. The van der Waals surface area contributed by atoms with Crippen molar-refractivity contribution >= 4 is 22.0 Å². The molecule has 0 saturated carbocycles. The largest absolute Gasteiger partial charge is 0.497 e. The van der Waals surface area contributed by atoms with Crippen molar-refractivity contribution < 1.29 is 17.7 Å². The number of ether oxygens (including phenoxy) is 1. The summed E-state index contributed by atoms with van der Waals surface area (Å²) in [6.45, 7) is 0. The molecule has 20 heavy (non-hydrogen) atoms. The first kappa shape index (κ1) is 14.2. The van der Waals surface area contributed by atoms with Gasteiger partial charge in [0, 0.05) is 6.21 Å². The molecule has 2 rings (SSSR count). The SMILES string of the molecule is COc1ccc(C=Nc2ccc(S(=O)(=O)O)cc2)cc1. The average molecular weight is 291 g/mol. The van der Waals surface area contributed by atoms with Crippen molar-refractivity contribution in [3.63, 3.8) is 0 Å². The van der Waals surface area contributed by atoms with Gasteiger partial charge >= 0.3 is 0 Å². The van der Waals surface area contributed by atoms with E-state index in [1.165, 1.54) is 24.3 Å². The van der Waals surface area contributed by atoms with E-state index in [0.29, 0.717) is 5.69 Å². The Morgan fingerprint density at radius 1 is 1.05 bits per heavy atom. The summed E-state index contributed by atoms with van der Waals surface area (Å²) in [5, 5.41) is 0. The number of nitrogens with zero attached hydrogens (tertiary/aromatic N) is 1. The molecule has 0 bridgehead atoms. The summed E-state index contributed by atoms with van der Waals surface area (Å²) in [5.74, 6) is 0.764. The monoisotopic (exact) mass is 291 g/mol. The smallest absolute Gasteiger partial charge is 0.294 e. The molecule has 0 heterocycles. The fourth-order valence-electron chi connectivity index (χ4n) is 1.54. The molecular weight excluding hydrogens is 278 g/mol. The highest BCUT2D eigenvalue weighted by Crippen LogP contribution is 2.17. The van der Waals surface area contributed by atoms with Gasteiger partial charge in [-0.15, -0.1) is 0 Å². The van der Waals surface area contributed by atoms with E-state index in [0.717, 1.165) is 11.3 Å². The van der Waals surface area contributed by atoms with Crippen molar-refractivity contribution in [2.45, 2.75) is 4.90 Å². The fraction of sp³-hybridized carbons (Fsp3) is 0.0714. The van der Waals surface area contributed by atoms with E-state index in [-0.39, 0.29) is 4.90 Å². The minimum Gasteiger partial charge on any atom is -0.497 e. The predicted molar refractivity (Wildman–Crippen MR) is 76.5 cm³/mol. The van der Waals surface area contributed by atoms with E-state index < -0.39 is 10.1 Å². The second-order valence-corrected chi connectivity index (χ2v) is 5.42. The summed E-state index contributed by atoms with van der Waals surface area (Å²) in [6, 6.07) is 13.0. The first-order valence-electron chi connectivity index (χ1n) is 5.75. The number of hydrogen-bond acceptors (Lipinski definition) is 4. The maximum atomic E-state index is 10.9. The van der Waals surface area contributed by atoms with Gasteiger partial charge in [-0.05, 0) is 54.1 Å². The zero-order chi connectivity index (χ0) is 14.6. The Balaban J connectivity index is 2.14. The van der Waals surface area contributed by atoms with Crippen LogP contribution in [0.25, 0.3) is 0 Å². The van der Waals surface area contributed by atoms with E-state index in [1.54, 1.807) is 13.3 Å². The van der Waals surface area contributed by atoms with Gasteiger partial charge in [-0.25, -0.2) is 0 Å². The lowest BCUT2D eigenvalue weighted by atomic mass is 10.2. The number of rotatable bonds is 4. The van der Waals surface area contributed by atoms with Crippen LogP contribution in [0.2, 0.25) is 0 Å². The third-order valence-electron chi connectivity index (χ3n) is 2.61. The molecule has 0 spiro atoms. The van der Waals surface area contributed by atoms with Crippen LogP contribution < -0.4 is 4.74 Å². The highest BCUT2D eigenvalue weighted by Gasteiger charge is 2.07. The number of methoxy groups -OCH3 is 1. The van der Waals surface area contributed by atoms with Crippen molar-refractivity contribution in [2.75, 3.05) is 7.11 Å². The third kappa shape index (κ3) is 3.66. The lowest BCUT2D eigenvalue weighted by molar-refractivity contribution is 0.415. The van der Waals surface area contributed by atoms with E-state index in [9.17, 15) is 8.42 Å². The van der Waals surface area contributed by atoms with Crippen LogP contribution in [-0.4, -0.2) is 26.3 Å². The molecule has 0 saturated heterocycles. The average Bonchev–Trinajstić information content (AvgIpc) is 2.45. The fourth-order valence-corrected chi connectivity index (χ4v) is 2.02. The summed E-state index contributed by atoms with van der Waals surface area (Å²) in [7, 11) is -2.56. The number of hydrogen-bond donors (Lipinski definition) is 1. The highest BCUT2D eigenvalue weighted by molar-refractivity contribution is 7.85. The Bertz CT molecular complexity index is 704. The molecule has 0 amide bonds. The van der Waals surface area contributed by atoms with Crippen LogP contribution in [0.5, 0.6) is 5.75 Å². The highest BCUT2D eigenvalue weighted by atomic mass is 32.2. The molecule has 2 aromatic carbocycles. The van der Waals surface area contributed by atoms with Crippen molar-refractivity contribution in [2.24, 2.45) is 4.99 Å². The molecule has 0 fully saturated rings. The standard InChI is InChI=1S/C14H13NO4S/c1-19-13-6-2-11(3-7-13)10-15-12-4-8-14(9-5-12)20(16,17)18/h2-10H,1H3,(H,16,17,18). The first-order chi connectivity index (χ1) is 9.49. The Labute approximate surface area is 117 Å². The maximum Gasteiger partial charge on any atom is 0.294 e. The molecule has 1 N–H and O–H groups in total. The molecule has 104 valence electrons. The van der Waals surface area contributed by atoms with Crippen molar-refractivity contribution in [1.29, 1.82) is 0 Å². The van der Waals surface area contributed by atoms with Crippen molar-refractivity contribution in [3.05, 3.63) is 54.1 Å². The van der Waals surface area contributed by atoms with Gasteiger partial charge in [0.25, 0.3) is 10.1 Å². The minimum atomic E-state index is -4.16. The lowest BCUT2D eigenvalue weighted by Gasteiger charge is -1.99. The van der Waals surface area contributed by atoms with E-state index in [2.05, 4.69) is 4.99 Å². The minimum absolute atomic E-state index is 0.152. The van der Waals surface area contributed by atoms with Crippen molar-refractivity contribution in [3.8, 4) is 5.75 Å². The van der Waals surface area contributed by atoms with Crippen molar-refractivity contribution in [1.82, 2.24) is 0 Å². The zero-order valence-electron chi connectivity index (χ0n) is 10.7. The quantitative estimate of drug-likeness (QED) is 0.694. The zero-order valence-corrected chi connectivity index (χ0v) is 11.5. The maximum absolute atomic E-state index is 10.9. The molecular formula is C14H13NO4S. The van der Waals surface area contributed by atoms with E-state index in [4.69, 9.17) is 9.29 Å². The molecule has 2 aromatic rings. The van der Waals surface area contributed by atoms with E-state index in [1.807, 2.05) is 24.3 Å². The summed E-state index contributed by atoms with van der Waals surface area (Å²) < 4.78 is 35.7. The Morgan fingerprint density at radius 3 is 2.15 bits per heavy atom. The van der Waals surface area contributed by atoms with Gasteiger partial charge in [0.2, 0.25) is 0 Å². The summed E-state index contributed by atoms with van der Waals surface area (Å²) in [5.41, 5.74) is 1.48. The van der Waals surface area contributed by atoms with Crippen LogP contribution in [0.4, 0.5) is 5.69 Å². The summed E-state index contributed by atoms with van der Waals surface area (Å²) in [6.07, 6.45) is 1.65. The van der Waals surface area contributed by atoms with Gasteiger partial charge in [-0.2, -0.15) is 8.42 Å². The van der Waals surface area contributed by atoms with Gasteiger partial charge in [0.15, 0.2) is 0 Å². The van der Waals surface area contributed by atoms with Crippen LogP contribution in [-0.2, 0) is 10.1 Å². The van der Waals surface area contributed by atoms with E-state index >= 15 is 0 Å². The van der Waals surface area contributed by atoms with Gasteiger partial charge in [-0.1, -0.05) is 0 Å². The van der Waals surface area contributed by atoms with Gasteiger partial charge < -0.3 is 4.74 Å². The molecule has 0 atom stereocenters. The normalized spacial score (nSPS) is 11.7. The molecule has 0 aromatic heterocycles. The molecule has 0 unspecified atom stereocenters. The van der Waals surface area contributed by atoms with Crippen LogP contribution in [0.1, 0.15) is 5.56 Å². The second kappa shape index (κ2) is 5.85. The number of aliphatic imine (C=N–C) groups is 1. The van der Waals surface area contributed by atoms with Crippen LogP contribution >= 0.6 is 0 Å². The second-order valence-electron chi connectivity index (χ2n) is 4.00. The molecule has 0 aliphatic rings. The van der Waals surface area contributed by atoms with Crippen LogP contribution in [0.15, 0.2) is 58.4 Å². The number of benzene rings is 2. The summed E-state index contributed by atoms with van der Waals surface area (Å²) in [4.78, 5) is 4.06. The molecule has 0 radical (unpaired) electrons. The van der Waals surface area contributed by atoms with Gasteiger partial charge in [0.1, 0.15) is 5.75 Å². The molecule has 0 aliphatic heterocycles. The molecule has 6 heteroatoms. The summed E-state index contributed by atoms with van der Waals surface area (Å²) >= 11 is 0. The first-order valence-corrected chi connectivity index (χ1v) is 7.19. The Hall–Kier alpha value is -2.18. The van der Waals surface area contributed by atoms with Gasteiger partial charge in [0.05, 0.1) is 17.7 Å². The van der Waals surface area contributed by atoms with Crippen LogP contribution in [0, 0.1) is 0 Å². The van der Waals surface area contributed by atoms with Crippen LogP contribution in [0.3, 0.4) is 0 Å². The molecule has 5 nitrogen and oxygen atoms in total.